The normalized spacial score (nSPS) is 11.9. The maximum Gasteiger partial charge on any atom is 0.326 e. The molecular weight excluding hydrogens is 240 g/mol. The number of urea groups is 1. The van der Waals surface area contributed by atoms with Gasteiger partial charge in [-0.05, 0) is 24.9 Å². The van der Waals surface area contributed by atoms with E-state index < -0.39 is 12.0 Å². The summed E-state index contributed by atoms with van der Waals surface area (Å²) in [5, 5.41) is 11.5. The van der Waals surface area contributed by atoms with Crippen LogP contribution in [-0.2, 0) is 4.79 Å². The summed E-state index contributed by atoms with van der Waals surface area (Å²) in [5.74, 6) is -0.257. The molecule has 2 N–H and O–H groups in total. The third kappa shape index (κ3) is 7.10. The lowest BCUT2D eigenvalue weighted by molar-refractivity contribution is -0.139. The highest BCUT2D eigenvalue weighted by molar-refractivity contribution is 7.98. The zero-order valence-electron chi connectivity index (χ0n) is 10.7. The second-order valence-electron chi connectivity index (χ2n) is 3.90. The smallest absolute Gasteiger partial charge is 0.326 e. The topological polar surface area (TPSA) is 69.6 Å². The van der Waals surface area contributed by atoms with Crippen LogP contribution in [0.2, 0.25) is 0 Å². The summed E-state index contributed by atoms with van der Waals surface area (Å²) in [6.07, 6.45) is 4.29. The number of aliphatic carboxylic acids is 1. The Kier molecular flexibility index (Phi) is 8.66. The predicted octanol–water partition coefficient (Wildman–Crippen LogP) is 1.63. The summed E-state index contributed by atoms with van der Waals surface area (Å²) in [5.41, 5.74) is 0. The number of hydrogen-bond acceptors (Lipinski definition) is 3. The highest BCUT2D eigenvalue weighted by Gasteiger charge is 2.20. The molecule has 0 aromatic heterocycles. The lowest BCUT2D eigenvalue weighted by Crippen LogP contribution is -2.47. The highest BCUT2D eigenvalue weighted by atomic mass is 32.2. The van der Waals surface area contributed by atoms with Crippen molar-refractivity contribution in [1.29, 1.82) is 0 Å². The molecule has 0 aromatic carbocycles. The van der Waals surface area contributed by atoms with Crippen molar-refractivity contribution in [3.63, 3.8) is 0 Å². The lowest BCUT2D eigenvalue weighted by Gasteiger charge is -2.21. The standard InChI is InChI=1S/C11H22N2O3S/c1-4-5-7-13(2)11(16)12-9(10(14)15)6-8-17-3/h9H,4-8H2,1-3H3,(H,12,16)(H,14,15)/t9-/m0/s1. The van der Waals surface area contributed by atoms with E-state index in [-0.39, 0.29) is 6.03 Å². The minimum atomic E-state index is -0.976. The van der Waals surface area contributed by atoms with Gasteiger partial charge in [0.2, 0.25) is 0 Å². The Balaban J connectivity index is 4.15. The number of rotatable bonds is 8. The lowest BCUT2D eigenvalue weighted by atomic mass is 10.2. The minimum Gasteiger partial charge on any atom is -0.480 e. The van der Waals surface area contributed by atoms with Gasteiger partial charge in [-0.15, -0.1) is 0 Å². The van der Waals surface area contributed by atoms with Gasteiger partial charge in [0.25, 0.3) is 0 Å². The second-order valence-corrected chi connectivity index (χ2v) is 4.88. The Morgan fingerprint density at radius 1 is 1.47 bits per heavy atom. The van der Waals surface area contributed by atoms with E-state index in [0.29, 0.717) is 13.0 Å². The van der Waals surface area contributed by atoms with Crippen molar-refractivity contribution < 1.29 is 14.7 Å². The van der Waals surface area contributed by atoms with Gasteiger partial charge in [-0.25, -0.2) is 9.59 Å². The molecule has 0 aliphatic heterocycles. The van der Waals surface area contributed by atoms with E-state index in [1.807, 2.05) is 13.2 Å². The molecule has 0 rings (SSSR count). The van der Waals surface area contributed by atoms with Crippen LogP contribution in [0.15, 0.2) is 0 Å². The summed E-state index contributed by atoms with van der Waals surface area (Å²) >= 11 is 1.57. The molecule has 0 aromatic rings. The first-order chi connectivity index (χ1) is 8.02. The van der Waals surface area contributed by atoms with E-state index in [1.54, 1.807) is 18.8 Å². The van der Waals surface area contributed by atoms with Crippen LogP contribution < -0.4 is 5.32 Å². The quantitative estimate of drug-likeness (QED) is 0.697. The van der Waals surface area contributed by atoms with Crippen molar-refractivity contribution >= 4 is 23.8 Å². The molecule has 0 saturated carbocycles. The fourth-order valence-corrected chi connectivity index (χ4v) is 1.72. The summed E-state index contributed by atoms with van der Waals surface area (Å²) < 4.78 is 0. The average molecular weight is 262 g/mol. The number of nitrogens with one attached hydrogen (secondary N) is 1. The van der Waals surface area contributed by atoms with Crippen molar-refractivity contribution in [2.75, 3.05) is 25.6 Å². The summed E-state index contributed by atoms with van der Waals surface area (Å²) in [7, 11) is 1.68. The number of carbonyl (C=O) groups excluding carboxylic acids is 1. The molecule has 0 aliphatic carbocycles. The Morgan fingerprint density at radius 3 is 2.59 bits per heavy atom. The highest BCUT2D eigenvalue weighted by Crippen LogP contribution is 2.02. The third-order valence-electron chi connectivity index (χ3n) is 2.40. The van der Waals surface area contributed by atoms with Gasteiger partial charge < -0.3 is 15.3 Å². The van der Waals surface area contributed by atoms with E-state index >= 15 is 0 Å². The molecule has 0 saturated heterocycles. The van der Waals surface area contributed by atoms with Crippen LogP contribution in [0, 0.1) is 0 Å². The molecule has 2 amide bonds. The van der Waals surface area contributed by atoms with Gasteiger partial charge in [0.05, 0.1) is 0 Å². The van der Waals surface area contributed by atoms with Crippen LogP contribution in [0.1, 0.15) is 26.2 Å². The molecule has 17 heavy (non-hydrogen) atoms. The fraction of sp³-hybridized carbons (Fsp3) is 0.818. The molecule has 0 unspecified atom stereocenters. The molecule has 6 heteroatoms. The Bertz CT molecular complexity index is 249. The van der Waals surface area contributed by atoms with E-state index in [9.17, 15) is 9.59 Å². The zero-order chi connectivity index (χ0) is 13.3. The van der Waals surface area contributed by atoms with Crippen molar-refractivity contribution in [3.8, 4) is 0 Å². The SMILES string of the molecule is CCCCN(C)C(=O)N[C@@H](CCSC)C(=O)O. The summed E-state index contributed by atoms with van der Waals surface area (Å²) in [4.78, 5) is 24.1. The maximum absolute atomic E-state index is 11.7. The molecule has 0 heterocycles. The van der Waals surface area contributed by atoms with Gasteiger partial charge in [-0.2, -0.15) is 11.8 Å². The van der Waals surface area contributed by atoms with Gasteiger partial charge in [0, 0.05) is 13.6 Å². The number of nitrogens with zero attached hydrogens (tertiary/aromatic N) is 1. The average Bonchev–Trinajstić information content (AvgIpc) is 2.30. The number of carboxylic acid groups (broad SMARTS) is 1. The molecule has 5 nitrogen and oxygen atoms in total. The van der Waals surface area contributed by atoms with Gasteiger partial charge in [0.1, 0.15) is 6.04 Å². The summed E-state index contributed by atoms with van der Waals surface area (Å²) in [6, 6.07) is -1.11. The van der Waals surface area contributed by atoms with E-state index in [4.69, 9.17) is 5.11 Å². The van der Waals surface area contributed by atoms with E-state index in [0.717, 1.165) is 18.6 Å². The van der Waals surface area contributed by atoms with E-state index in [2.05, 4.69) is 5.32 Å². The van der Waals surface area contributed by atoms with Crippen molar-refractivity contribution in [2.45, 2.75) is 32.2 Å². The number of unbranched alkanes of at least 4 members (excludes halogenated alkanes) is 1. The molecule has 0 aliphatic rings. The Morgan fingerprint density at radius 2 is 2.12 bits per heavy atom. The van der Waals surface area contributed by atoms with Gasteiger partial charge in [-0.3, -0.25) is 0 Å². The zero-order valence-corrected chi connectivity index (χ0v) is 11.5. The number of hydrogen-bond donors (Lipinski definition) is 2. The first kappa shape index (κ1) is 16.1. The molecule has 1 atom stereocenters. The Labute approximate surface area is 107 Å². The number of carbonyl (C=O) groups is 2. The van der Waals surface area contributed by atoms with Crippen LogP contribution in [0.5, 0.6) is 0 Å². The van der Waals surface area contributed by atoms with Crippen molar-refractivity contribution in [2.24, 2.45) is 0 Å². The van der Waals surface area contributed by atoms with Crippen LogP contribution in [0.3, 0.4) is 0 Å². The van der Waals surface area contributed by atoms with Gasteiger partial charge in [0.15, 0.2) is 0 Å². The molecule has 0 bridgehead atoms. The first-order valence-corrected chi connectivity index (χ1v) is 7.15. The molecular formula is C11H22N2O3S. The largest absolute Gasteiger partial charge is 0.480 e. The minimum absolute atomic E-state index is 0.313. The molecule has 0 spiro atoms. The molecule has 100 valence electrons. The van der Waals surface area contributed by atoms with Crippen LogP contribution in [-0.4, -0.2) is 53.6 Å². The van der Waals surface area contributed by atoms with Gasteiger partial charge in [-0.1, -0.05) is 13.3 Å². The number of amides is 2. The van der Waals surface area contributed by atoms with Crippen LogP contribution in [0.25, 0.3) is 0 Å². The first-order valence-electron chi connectivity index (χ1n) is 5.76. The Hall–Kier alpha value is -0.910. The number of carboxylic acids is 1. The maximum atomic E-state index is 11.7. The van der Waals surface area contributed by atoms with E-state index in [1.165, 1.54) is 4.90 Å². The van der Waals surface area contributed by atoms with Crippen molar-refractivity contribution in [3.05, 3.63) is 0 Å². The van der Waals surface area contributed by atoms with Crippen LogP contribution in [0.4, 0.5) is 4.79 Å². The number of thioether (sulfide) groups is 1. The summed E-state index contributed by atoms with van der Waals surface area (Å²) in [6.45, 7) is 2.70. The van der Waals surface area contributed by atoms with Crippen molar-refractivity contribution in [1.82, 2.24) is 10.2 Å². The third-order valence-corrected chi connectivity index (χ3v) is 3.04. The molecule has 0 radical (unpaired) electrons. The second kappa shape index (κ2) is 9.15. The predicted molar refractivity (Wildman–Crippen MR) is 70.5 cm³/mol. The monoisotopic (exact) mass is 262 g/mol. The van der Waals surface area contributed by atoms with Gasteiger partial charge >= 0.3 is 12.0 Å². The van der Waals surface area contributed by atoms with Crippen LogP contribution >= 0.6 is 11.8 Å². The fourth-order valence-electron chi connectivity index (χ4n) is 1.25. The molecule has 0 fully saturated rings.